The first kappa shape index (κ1) is 20.6. The van der Waals surface area contributed by atoms with Crippen LogP contribution in [0.3, 0.4) is 0 Å². The molecule has 4 heteroatoms. The van der Waals surface area contributed by atoms with E-state index in [9.17, 15) is 0 Å². The van der Waals surface area contributed by atoms with E-state index in [4.69, 9.17) is 9.41 Å². The summed E-state index contributed by atoms with van der Waals surface area (Å²) in [6, 6.07) is 41.1. The van der Waals surface area contributed by atoms with Gasteiger partial charge in [-0.2, -0.15) is 0 Å². The quantitative estimate of drug-likeness (QED) is 0.238. The summed E-state index contributed by atoms with van der Waals surface area (Å²) >= 11 is 0. The van der Waals surface area contributed by atoms with Crippen molar-refractivity contribution in [1.29, 1.82) is 0 Å². The Morgan fingerprint density at radius 2 is 1.40 bits per heavy atom. The molecule has 1 N–H and O–H groups in total. The number of furan rings is 1. The number of benzene rings is 6. The van der Waals surface area contributed by atoms with E-state index in [-0.39, 0.29) is 6.04 Å². The molecule has 4 heterocycles. The number of aromatic nitrogens is 1. The number of nitrogens with one attached hydrogen (secondary N) is 1. The first-order valence-electron chi connectivity index (χ1n) is 13.7. The van der Waals surface area contributed by atoms with Crippen molar-refractivity contribution >= 4 is 71.7 Å². The summed E-state index contributed by atoms with van der Waals surface area (Å²) in [5.41, 5.74) is 10.0. The largest absolute Gasteiger partial charge is 0.456 e. The average Bonchev–Trinajstić information content (AvgIpc) is 3.65. The van der Waals surface area contributed by atoms with Crippen LogP contribution in [0.25, 0.3) is 65.6 Å². The van der Waals surface area contributed by atoms with Gasteiger partial charge in [0.2, 0.25) is 0 Å². The lowest BCUT2D eigenvalue weighted by Gasteiger charge is -2.24. The number of para-hydroxylation sites is 3. The minimum atomic E-state index is -0.0193. The molecule has 40 heavy (non-hydrogen) atoms. The van der Waals surface area contributed by atoms with Gasteiger partial charge in [-0.05, 0) is 59.0 Å². The van der Waals surface area contributed by atoms with Gasteiger partial charge in [-0.25, -0.2) is 4.99 Å². The highest BCUT2D eigenvalue weighted by Crippen LogP contribution is 2.48. The fourth-order valence-electron chi connectivity index (χ4n) is 6.96. The van der Waals surface area contributed by atoms with Crippen LogP contribution in [0.2, 0.25) is 0 Å². The molecule has 2 aromatic heterocycles. The van der Waals surface area contributed by atoms with Crippen LogP contribution in [-0.4, -0.2) is 10.4 Å². The number of nitrogens with zero attached hydrogens (tertiary/aromatic N) is 2. The van der Waals surface area contributed by atoms with Gasteiger partial charge in [0, 0.05) is 32.5 Å². The summed E-state index contributed by atoms with van der Waals surface area (Å²) in [4.78, 5) is 5.25. The van der Waals surface area contributed by atoms with Gasteiger partial charge in [0.1, 0.15) is 23.0 Å². The molecule has 2 aliphatic heterocycles. The van der Waals surface area contributed by atoms with Crippen molar-refractivity contribution < 1.29 is 4.42 Å². The van der Waals surface area contributed by atoms with Gasteiger partial charge in [-0.15, -0.1) is 0 Å². The number of fused-ring (bicyclic) bond motifs is 12. The molecule has 186 valence electrons. The Labute approximate surface area is 228 Å². The molecule has 4 nitrogen and oxygen atoms in total. The monoisotopic (exact) mass is 511 g/mol. The van der Waals surface area contributed by atoms with Crippen molar-refractivity contribution in [3.8, 4) is 11.1 Å². The van der Waals surface area contributed by atoms with Crippen LogP contribution in [0.1, 0.15) is 11.6 Å². The van der Waals surface area contributed by atoms with Crippen molar-refractivity contribution in [3.05, 3.63) is 121 Å². The zero-order chi connectivity index (χ0) is 25.9. The van der Waals surface area contributed by atoms with Crippen LogP contribution < -0.4 is 5.32 Å². The summed E-state index contributed by atoms with van der Waals surface area (Å²) in [5.74, 6) is 1.04. The zero-order valence-corrected chi connectivity index (χ0v) is 21.3. The summed E-state index contributed by atoms with van der Waals surface area (Å²) in [6.45, 7) is 0. The average molecular weight is 512 g/mol. The number of hydrogen-bond acceptors (Lipinski definition) is 3. The van der Waals surface area contributed by atoms with Crippen molar-refractivity contribution in [2.45, 2.75) is 6.04 Å². The van der Waals surface area contributed by atoms with Crippen LogP contribution in [-0.2, 0) is 0 Å². The van der Waals surface area contributed by atoms with E-state index >= 15 is 0 Å². The van der Waals surface area contributed by atoms with Gasteiger partial charge in [0.25, 0.3) is 0 Å². The molecule has 2 aliphatic rings. The van der Waals surface area contributed by atoms with E-state index in [0.717, 1.165) is 39.1 Å². The fraction of sp³-hybridized carbons (Fsp3) is 0.0278. The molecular weight excluding hydrogens is 490 g/mol. The maximum absolute atomic E-state index is 6.13. The van der Waals surface area contributed by atoms with Crippen LogP contribution in [0.5, 0.6) is 0 Å². The van der Waals surface area contributed by atoms with E-state index in [1.165, 1.54) is 49.3 Å². The highest BCUT2D eigenvalue weighted by Gasteiger charge is 2.37. The van der Waals surface area contributed by atoms with Gasteiger partial charge < -0.3 is 9.73 Å². The van der Waals surface area contributed by atoms with E-state index in [1.807, 2.05) is 12.1 Å². The maximum atomic E-state index is 6.13. The van der Waals surface area contributed by atoms with Crippen LogP contribution in [0, 0.1) is 0 Å². The SMILES string of the molecule is c1ccc2c(c1)N=C1C(N2)c2cc(-c3ccc4oc5ccccc5c4c3)cc3c4ccc5ccccc5c4n1c23. The lowest BCUT2D eigenvalue weighted by Crippen LogP contribution is -2.24. The first-order chi connectivity index (χ1) is 19.8. The Hall–Kier alpha value is -5.35. The maximum Gasteiger partial charge on any atom is 0.141 e. The second-order valence-electron chi connectivity index (χ2n) is 10.9. The molecule has 0 radical (unpaired) electrons. The highest BCUT2D eigenvalue weighted by atomic mass is 16.3. The van der Waals surface area contributed by atoms with Crippen LogP contribution >= 0.6 is 0 Å². The molecule has 0 saturated carbocycles. The lowest BCUT2D eigenvalue weighted by atomic mass is 9.94. The third-order valence-electron chi connectivity index (χ3n) is 8.72. The Kier molecular flexibility index (Phi) is 3.70. The smallest absolute Gasteiger partial charge is 0.141 e. The number of rotatable bonds is 1. The van der Waals surface area contributed by atoms with Crippen molar-refractivity contribution in [2.75, 3.05) is 5.32 Å². The van der Waals surface area contributed by atoms with E-state index in [2.05, 4.69) is 113 Å². The standard InChI is InChI=1S/C36H21N3O/c1-2-8-23-20(7-1)13-15-25-27-18-22(21-14-16-32-26(17-21)24-9-3-6-12-31(24)40-32)19-28-33-36(39(34(23)25)35(27)28)38-30-11-5-4-10-29(30)37-33/h1-19,33,37H. The fourth-order valence-corrected chi connectivity index (χ4v) is 6.96. The molecule has 8 aromatic rings. The Morgan fingerprint density at radius 3 is 2.38 bits per heavy atom. The minimum Gasteiger partial charge on any atom is -0.456 e. The van der Waals surface area contributed by atoms with Gasteiger partial charge in [0.05, 0.1) is 22.4 Å². The molecular formula is C36H21N3O. The molecule has 0 fully saturated rings. The predicted molar refractivity (Wildman–Crippen MR) is 165 cm³/mol. The summed E-state index contributed by atoms with van der Waals surface area (Å²) in [6.07, 6.45) is 0. The molecule has 1 atom stereocenters. The van der Waals surface area contributed by atoms with Crippen LogP contribution in [0.15, 0.2) is 125 Å². The predicted octanol–water partition coefficient (Wildman–Crippen LogP) is 9.57. The molecule has 0 bridgehead atoms. The number of hydrogen-bond donors (Lipinski definition) is 1. The highest BCUT2D eigenvalue weighted by molar-refractivity contribution is 6.27. The van der Waals surface area contributed by atoms with Gasteiger partial charge in [-0.1, -0.05) is 72.8 Å². The Balaban J connectivity index is 1.32. The molecule has 0 aliphatic carbocycles. The van der Waals surface area contributed by atoms with Gasteiger partial charge >= 0.3 is 0 Å². The first-order valence-corrected chi connectivity index (χ1v) is 13.7. The number of aliphatic imine (C=N–C) groups is 1. The second-order valence-corrected chi connectivity index (χ2v) is 10.9. The van der Waals surface area contributed by atoms with E-state index < -0.39 is 0 Å². The summed E-state index contributed by atoms with van der Waals surface area (Å²) < 4.78 is 8.54. The Bertz CT molecular complexity index is 2420. The third kappa shape index (κ3) is 2.53. The van der Waals surface area contributed by atoms with Gasteiger partial charge in [0.15, 0.2) is 0 Å². The Morgan fingerprint density at radius 1 is 0.600 bits per heavy atom. The second kappa shape index (κ2) is 7.19. The lowest BCUT2D eigenvalue weighted by molar-refractivity contribution is 0.669. The van der Waals surface area contributed by atoms with Crippen molar-refractivity contribution in [3.63, 3.8) is 0 Å². The van der Waals surface area contributed by atoms with E-state index in [1.54, 1.807) is 0 Å². The van der Waals surface area contributed by atoms with Crippen LogP contribution in [0.4, 0.5) is 11.4 Å². The molecule has 6 aromatic carbocycles. The van der Waals surface area contributed by atoms with E-state index in [0.29, 0.717) is 0 Å². The summed E-state index contributed by atoms with van der Waals surface area (Å²) in [7, 11) is 0. The third-order valence-corrected chi connectivity index (χ3v) is 8.72. The summed E-state index contributed by atoms with van der Waals surface area (Å²) in [5, 5.41) is 11.1. The van der Waals surface area contributed by atoms with Crippen molar-refractivity contribution in [2.24, 2.45) is 4.99 Å². The molecule has 0 saturated heterocycles. The molecule has 1 unspecified atom stereocenters. The molecule has 0 amide bonds. The van der Waals surface area contributed by atoms with Gasteiger partial charge in [-0.3, -0.25) is 4.57 Å². The number of anilines is 1. The molecule has 0 spiro atoms. The normalized spacial score (nSPS) is 15.6. The zero-order valence-electron chi connectivity index (χ0n) is 21.3. The van der Waals surface area contributed by atoms with Crippen molar-refractivity contribution in [1.82, 2.24) is 4.57 Å². The molecule has 10 rings (SSSR count). The topological polar surface area (TPSA) is 42.5 Å². The minimum absolute atomic E-state index is 0.0193.